The van der Waals surface area contributed by atoms with Gasteiger partial charge in [0.05, 0.1) is 19.3 Å². The van der Waals surface area contributed by atoms with E-state index in [0.717, 1.165) is 24.6 Å². The molecule has 1 saturated heterocycles. The molecule has 1 amide bonds. The number of hydrogen-bond donors (Lipinski definition) is 4. The molecule has 2 heterocycles. The first-order valence-electron chi connectivity index (χ1n) is 10.3. The van der Waals surface area contributed by atoms with Crippen molar-refractivity contribution < 1.29 is 15.0 Å². The van der Waals surface area contributed by atoms with Crippen LogP contribution in [0.3, 0.4) is 0 Å². The fourth-order valence-corrected chi connectivity index (χ4v) is 5.00. The molecule has 1 saturated carbocycles. The number of carbonyl (C=O) groups excluding carboxylic acids is 1. The van der Waals surface area contributed by atoms with Gasteiger partial charge in [0.1, 0.15) is 11.6 Å². The van der Waals surface area contributed by atoms with Crippen molar-refractivity contribution >= 4 is 5.91 Å². The number of aryl methyl sites for hydroxylation is 1. The second-order valence-corrected chi connectivity index (χ2v) is 8.12. The van der Waals surface area contributed by atoms with Gasteiger partial charge in [0.15, 0.2) is 0 Å². The van der Waals surface area contributed by atoms with Crippen LogP contribution in [0.1, 0.15) is 36.5 Å². The van der Waals surface area contributed by atoms with E-state index in [1.807, 2.05) is 25.1 Å². The Morgan fingerprint density at radius 2 is 2.17 bits per heavy atom. The quantitative estimate of drug-likeness (QED) is 0.512. The predicted octanol–water partition coefficient (Wildman–Crippen LogP) is 0.442. The smallest absolute Gasteiger partial charge is 0.222 e. The molecule has 4 N–H and O–H groups in total. The average molecular weight is 399 g/mol. The van der Waals surface area contributed by atoms with Crippen molar-refractivity contribution in [2.24, 2.45) is 11.3 Å². The predicted molar refractivity (Wildman–Crippen MR) is 107 cm³/mol. The Kier molecular flexibility index (Phi) is 5.67. The number of hydrogen-bond acceptors (Lipinski definition) is 6. The average Bonchev–Trinajstić information content (AvgIpc) is 2.97. The topological polar surface area (TPSA) is 114 Å². The molecule has 1 aliphatic carbocycles. The van der Waals surface area contributed by atoms with Crippen molar-refractivity contribution in [3.8, 4) is 0 Å². The van der Waals surface area contributed by atoms with Crippen LogP contribution in [0.5, 0.6) is 0 Å². The number of β-amino-alcohol motifs (C(OH)–C–C–N with tert-alkyl or cyclic N) is 1. The molecule has 0 bridgehead atoms. The number of aliphatic hydroxyl groups is 2. The van der Waals surface area contributed by atoms with E-state index in [9.17, 15) is 9.90 Å². The van der Waals surface area contributed by atoms with E-state index in [4.69, 9.17) is 5.11 Å². The highest BCUT2D eigenvalue weighted by molar-refractivity contribution is 5.76. The number of amides is 1. The number of aromatic amines is 1. The van der Waals surface area contributed by atoms with Gasteiger partial charge in [-0.1, -0.05) is 37.3 Å². The van der Waals surface area contributed by atoms with E-state index in [1.54, 1.807) is 0 Å². The van der Waals surface area contributed by atoms with Crippen LogP contribution in [0, 0.1) is 11.3 Å². The first-order chi connectivity index (χ1) is 14.1. The van der Waals surface area contributed by atoms with E-state index in [0.29, 0.717) is 19.6 Å². The summed E-state index contributed by atoms with van der Waals surface area (Å²) in [7, 11) is 0. The lowest BCUT2D eigenvalue weighted by Gasteiger charge is -2.16. The summed E-state index contributed by atoms with van der Waals surface area (Å²) in [6.07, 6.45) is 0.422. The van der Waals surface area contributed by atoms with Crippen molar-refractivity contribution in [1.29, 1.82) is 0 Å². The number of carbonyl (C=O) groups is 1. The maximum absolute atomic E-state index is 11.9. The van der Waals surface area contributed by atoms with Crippen molar-refractivity contribution in [3.63, 3.8) is 0 Å². The van der Waals surface area contributed by atoms with Crippen LogP contribution in [0.25, 0.3) is 0 Å². The van der Waals surface area contributed by atoms with Crippen molar-refractivity contribution in [2.45, 2.75) is 38.3 Å². The first-order valence-corrected chi connectivity index (χ1v) is 10.3. The van der Waals surface area contributed by atoms with Gasteiger partial charge in [-0.2, -0.15) is 5.10 Å². The van der Waals surface area contributed by atoms with Gasteiger partial charge in [0.25, 0.3) is 0 Å². The molecular formula is C21H29N5O3. The summed E-state index contributed by atoms with van der Waals surface area (Å²) < 4.78 is 0. The zero-order valence-electron chi connectivity index (χ0n) is 16.7. The third-order valence-corrected chi connectivity index (χ3v) is 6.40. The lowest BCUT2D eigenvalue weighted by molar-refractivity contribution is -0.121. The molecule has 1 spiro atoms. The molecule has 4 atom stereocenters. The maximum Gasteiger partial charge on any atom is 0.222 e. The summed E-state index contributed by atoms with van der Waals surface area (Å²) in [5.74, 6) is 1.82. The van der Waals surface area contributed by atoms with Crippen molar-refractivity contribution in [2.75, 3.05) is 26.2 Å². The highest BCUT2D eigenvalue weighted by atomic mass is 16.3. The molecule has 2 aromatic rings. The summed E-state index contributed by atoms with van der Waals surface area (Å²) in [4.78, 5) is 18.6. The van der Waals surface area contributed by atoms with E-state index >= 15 is 0 Å². The molecular weight excluding hydrogens is 370 g/mol. The first kappa shape index (κ1) is 20.0. The van der Waals surface area contributed by atoms with Gasteiger partial charge >= 0.3 is 0 Å². The molecule has 1 aromatic carbocycles. The van der Waals surface area contributed by atoms with Gasteiger partial charge in [-0.3, -0.25) is 14.8 Å². The standard InChI is InChI=1S/C21H29N5O3/c1-2-17-23-18(25-24-17)12-26-11-16(28)21(13-26)15(10-22-19(29)8-9-27)20(21)14-6-4-3-5-7-14/h3-7,15-16,20,27-28H,2,8-13H2,1H3,(H,22,29)(H,23,24,25)/t15-,16+,20-,21-/m1/s1. The Balaban J connectivity index is 1.50. The molecule has 8 heteroatoms. The van der Waals surface area contributed by atoms with Crippen molar-refractivity contribution in [1.82, 2.24) is 25.4 Å². The zero-order valence-corrected chi connectivity index (χ0v) is 16.7. The maximum atomic E-state index is 11.9. The lowest BCUT2D eigenvalue weighted by atomic mass is 9.95. The van der Waals surface area contributed by atoms with Crippen LogP contribution >= 0.6 is 0 Å². The monoisotopic (exact) mass is 399 g/mol. The highest BCUT2D eigenvalue weighted by Crippen LogP contribution is 2.68. The molecule has 29 heavy (non-hydrogen) atoms. The number of H-pyrrole nitrogens is 1. The van der Waals surface area contributed by atoms with Crippen LogP contribution in [0.4, 0.5) is 0 Å². The second-order valence-electron chi connectivity index (χ2n) is 8.12. The van der Waals surface area contributed by atoms with E-state index in [1.165, 1.54) is 5.56 Å². The Labute approximate surface area is 170 Å². The van der Waals surface area contributed by atoms with Crippen molar-refractivity contribution in [3.05, 3.63) is 47.5 Å². The fraction of sp³-hybridized carbons (Fsp3) is 0.571. The van der Waals surface area contributed by atoms with Crippen LogP contribution in [0.15, 0.2) is 30.3 Å². The van der Waals surface area contributed by atoms with Gasteiger partial charge in [-0.05, 0) is 17.4 Å². The minimum absolute atomic E-state index is 0.107. The molecule has 8 nitrogen and oxygen atoms in total. The third-order valence-electron chi connectivity index (χ3n) is 6.40. The number of aromatic nitrogens is 3. The Hall–Kier alpha value is -2.29. The number of rotatable bonds is 8. The lowest BCUT2D eigenvalue weighted by Crippen LogP contribution is -2.30. The Morgan fingerprint density at radius 3 is 2.86 bits per heavy atom. The van der Waals surface area contributed by atoms with Gasteiger partial charge in [-0.25, -0.2) is 4.98 Å². The number of nitrogens with zero attached hydrogens (tertiary/aromatic N) is 3. The van der Waals surface area contributed by atoms with E-state index in [-0.39, 0.29) is 36.2 Å². The summed E-state index contributed by atoms with van der Waals surface area (Å²) in [6.45, 7) is 4.31. The normalized spacial score (nSPS) is 28.7. The van der Waals surface area contributed by atoms with E-state index in [2.05, 4.69) is 37.5 Å². The zero-order chi connectivity index (χ0) is 20.4. The molecule has 2 fully saturated rings. The number of likely N-dealkylation sites (tertiary alicyclic amines) is 1. The number of aliphatic hydroxyl groups excluding tert-OH is 2. The molecule has 0 radical (unpaired) electrons. The molecule has 1 aliphatic heterocycles. The SMILES string of the molecule is CCc1n[nH]c(CN2C[C@H](O)[C@@]3(C2)[C@H](CNC(=O)CCO)[C@H]3c2ccccc2)n1. The molecule has 4 rings (SSSR count). The van der Waals surface area contributed by atoms with Gasteiger partial charge in [-0.15, -0.1) is 0 Å². The third kappa shape index (κ3) is 3.80. The van der Waals surface area contributed by atoms with Gasteiger partial charge in [0.2, 0.25) is 5.91 Å². The van der Waals surface area contributed by atoms with Gasteiger partial charge < -0.3 is 15.5 Å². The van der Waals surface area contributed by atoms with Crippen LogP contribution in [-0.2, 0) is 17.8 Å². The van der Waals surface area contributed by atoms with E-state index < -0.39 is 6.10 Å². The highest BCUT2D eigenvalue weighted by Gasteiger charge is 2.70. The summed E-state index contributed by atoms with van der Waals surface area (Å²) in [6, 6.07) is 10.2. The fourth-order valence-electron chi connectivity index (χ4n) is 5.00. The minimum atomic E-state index is -0.471. The molecule has 1 aromatic heterocycles. The minimum Gasteiger partial charge on any atom is -0.396 e. The van der Waals surface area contributed by atoms with Gasteiger partial charge in [0, 0.05) is 37.9 Å². The molecule has 156 valence electrons. The summed E-state index contributed by atoms with van der Waals surface area (Å²) in [5, 5.41) is 30.1. The summed E-state index contributed by atoms with van der Waals surface area (Å²) in [5.41, 5.74) is 0.921. The number of nitrogens with one attached hydrogen (secondary N) is 2. The molecule has 2 aliphatic rings. The van der Waals surface area contributed by atoms with Crippen LogP contribution < -0.4 is 5.32 Å². The molecule has 0 unspecified atom stereocenters. The van der Waals surface area contributed by atoms with Crippen LogP contribution in [0.2, 0.25) is 0 Å². The largest absolute Gasteiger partial charge is 0.396 e. The van der Waals surface area contributed by atoms with Crippen LogP contribution in [-0.4, -0.2) is 68.5 Å². The summed E-state index contributed by atoms with van der Waals surface area (Å²) >= 11 is 0. The Morgan fingerprint density at radius 1 is 1.38 bits per heavy atom. The Bertz CT molecular complexity index is 842. The second kappa shape index (κ2) is 8.22. The number of benzene rings is 1.